The van der Waals surface area contributed by atoms with Crippen molar-refractivity contribution in [3.8, 4) is 0 Å². The number of nitrogens with two attached hydrogens (primary N) is 2. The Morgan fingerprint density at radius 1 is 1.31 bits per heavy atom. The molecule has 0 saturated heterocycles. The van der Waals surface area contributed by atoms with Crippen molar-refractivity contribution in [2.45, 2.75) is 31.3 Å². The molecule has 0 radical (unpaired) electrons. The summed E-state index contributed by atoms with van der Waals surface area (Å²) in [5, 5.41) is 19.7. The van der Waals surface area contributed by atoms with E-state index in [2.05, 4.69) is 5.32 Å². The molecular weight excluding hydrogens is 214 g/mol. The molecule has 0 fully saturated rings. The van der Waals surface area contributed by atoms with Gasteiger partial charge < -0.3 is 27.0 Å². The molecule has 2 atom stereocenters. The van der Waals surface area contributed by atoms with Gasteiger partial charge in [-0.1, -0.05) is 0 Å². The number of carbonyl (C=O) groups excluding carboxylic acids is 1. The molecule has 7 heteroatoms. The van der Waals surface area contributed by atoms with E-state index in [4.69, 9.17) is 21.7 Å². The third-order valence-electron chi connectivity index (χ3n) is 2.09. The fourth-order valence-electron chi connectivity index (χ4n) is 1.11. The van der Waals surface area contributed by atoms with E-state index in [1.54, 1.807) is 0 Å². The minimum absolute atomic E-state index is 0.302. The standard InChI is InChI=1S/C9H19N3O4/c10-4-2-1-3-7(9(15)16)12-8(14)6(11)5-13/h6-7,13H,1-5,10-11H2,(H,12,14)(H,15,16). The molecule has 1 amide bonds. The molecule has 0 bridgehead atoms. The summed E-state index contributed by atoms with van der Waals surface area (Å²) >= 11 is 0. The highest BCUT2D eigenvalue weighted by atomic mass is 16.4. The summed E-state index contributed by atoms with van der Waals surface area (Å²) in [5.74, 6) is -1.78. The number of carbonyl (C=O) groups is 2. The first kappa shape index (κ1) is 14.8. The van der Waals surface area contributed by atoms with E-state index < -0.39 is 30.6 Å². The van der Waals surface area contributed by atoms with E-state index in [1.165, 1.54) is 0 Å². The highest BCUT2D eigenvalue weighted by Crippen LogP contribution is 2.01. The Morgan fingerprint density at radius 2 is 1.94 bits per heavy atom. The number of aliphatic carboxylic acids is 1. The monoisotopic (exact) mass is 233 g/mol. The lowest BCUT2D eigenvalue weighted by molar-refractivity contribution is -0.142. The molecule has 2 unspecified atom stereocenters. The molecule has 0 aliphatic heterocycles. The SMILES string of the molecule is NCCCCC(NC(=O)C(N)CO)C(=O)O. The summed E-state index contributed by atoms with van der Waals surface area (Å²) in [7, 11) is 0. The largest absolute Gasteiger partial charge is 0.480 e. The van der Waals surface area contributed by atoms with Crippen molar-refractivity contribution in [3.63, 3.8) is 0 Å². The van der Waals surface area contributed by atoms with Crippen molar-refractivity contribution < 1.29 is 19.8 Å². The van der Waals surface area contributed by atoms with E-state index in [0.717, 1.165) is 0 Å². The lowest BCUT2D eigenvalue weighted by Gasteiger charge is -2.16. The zero-order chi connectivity index (χ0) is 12.6. The fourth-order valence-corrected chi connectivity index (χ4v) is 1.11. The maximum atomic E-state index is 11.2. The second-order valence-corrected chi connectivity index (χ2v) is 3.47. The summed E-state index contributed by atoms with van der Waals surface area (Å²) in [6.07, 6.45) is 1.62. The van der Waals surface area contributed by atoms with Crippen molar-refractivity contribution in [1.82, 2.24) is 5.32 Å². The highest BCUT2D eigenvalue weighted by molar-refractivity contribution is 5.86. The van der Waals surface area contributed by atoms with E-state index in [0.29, 0.717) is 25.8 Å². The van der Waals surface area contributed by atoms with Crippen molar-refractivity contribution in [3.05, 3.63) is 0 Å². The summed E-state index contributed by atoms with van der Waals surface area (Å²) in [6.45, 7) is -0.0303. The van der Waals surface area contributed by atoms with Crippen LogP contribution in [0.5, 0.6) is 0 Å². The normalized spacial score (nSPS) is 14.2. The Labute approximate surface area is 93.8 Å². The van der Waals surface area contributed by atoms with E-state index in [-0.39, 0.29) is 0 Å². The van der Waals surface area contributed by atoms with Gasteiger partial charge in [-0.2, -0.15) is 0 Å². The number of unbranched alkanes of at least 4 members (excludes halogenated alkanes) is 1. The molecule has 94 valence electrons. The van der Waals surface area contributed by atoms with Gasteiger partial charge in [0.1, 0.15) is 12.1 Å². The molecule has 0 aliphatic rings. The number of carboxylic acid groups (broad SMARTS) is 1. The highest BCUT2D eigenvalue weighted by Gasteiger charge is 2.22. The zero-order valence-electron chi connectivity index (χ0n) is 9.06. The molecule has 0 saturated carbocycles. The van der Waals surface area contributed by atoms with Gasteiger partial charge in [0.25, 0.3) is 0 Å². The number of amides is 1. The quantitative estimate of drug-likeness (QED) is 0.307. The van der Waals surface area contributed by atoms with Crippen LogP contribution in [-0.4, -0.2) is 47.3 Å². The molecule has 0 spiro atoms. The predicted octanol–water partition coefficient (Wildman–Crippen LogP) is -2.00. The van der Waals surface area contributed by atoms with Crippen LogP contribution in [0, 0.1) is 0 Å². The van der Waals surface area contributed by atoms with E-state index >= 15 is 0 Å². The van der Waals surface area contributed by atoms with E-state index in [1.807, 2.05) is 0 Å². The smallest absolute Gasteiger partial charge is 0.326 e. The Hall–Kier alpha value is -1.18. The number of rotatable bonds is 8. The van der Waals surface area contributed by atoms with Gasteiger partial charge in [0.2, 0.25) is 5.91 Å². The lowest BCUT2D eigenvalue weighted by atomic mass is 10.1. The van der Waals surface area contributed by atoms with E-state index in [9.17, 15) is 9.59 Å². The Kier molecular flexibility index (Phi) is 7.44. The van der Waals surface area contributed by atoms with Crippen molar-refractivity contribution in [1.29, 1.82) is 0 Å². The van der Waals surface area contributed by atoms with Crippen LogP contribution in [0.15, 0.2) is 0 Å². The Bertz CT molecular complexity index is 235. The number of carboxylic acids is 1. The lowest BCUT2D eigenvalue weighted by Crippen LogP contribution is -2.49. The number of aliphatic hydroxyl groups is 1. The van der Waals surface area contributed by atoms with Crippen LogP contribution in [0.3, 0.4) is 0 Å². The minimum Gasteiger partial charge on any atom is -0.480 e. The molecule has 7 nitrogen and oxygen atoms in total. The Morgan fingerprint density at radius 3 is 2.38 bits per heavy atom. The second kappa shape index (κ2) is 8.03. The first-order valence-corrected chi connectivity index (χ1v) is 5.12. The van der Waals surface area contributed by atoms with Crippen LogP contribution in [0.2, 0.25) is 0 Å². The summed E-state index contributed by atoms with van der Waals surface area (Å²) in [6, 6.07) is -2.06. The van der Waals surface area contributed by atoms with Gasteiger partial charge in [0.15, 0.2) is 0 Å². The first-order valence-electron chi connectivity index (χ1n) is 5.12. The van der Waals surface area contributed by atoms with Gasteiger partial charge >= 0.3 is 5.97 Å². The van der Waals surface area contributed by atoms with Crippen molar-refractivity contribution in [2.75, 3.05) is 13.2 Å². The zero-order valence-corrected chi connectivity index (χ0v) is 9.06. The summed E-state index contributed by atoms with van der Waals surface area (Å²) in [5.41, 5.74) is 10.5. The van der Waals surface area contributed by atoms with Crippen LogP contribution >= 0.6 is 0 Å². The van der Waals surface area contributed by atoms with Crippen LogP contribution in [0.1, 0.15) is 19.3 Å². The molecule has 0 rings (SSSR count). The molecule has 16 heavy (non-hydrogen) atoms. The number of aliphatic hydroxyl groups excluding tert-OH is 1. The summed E-state index contributed by atoms with van der Waals surface area (Å²) in [4.78, 5) is 22.0. The minimum atomic E-state index is -1.12. The van der Waals surface area contributed by atoms with Gasteiger partial charge in [0.05, 0.1) is 6.61 Å². The summed E-state index contributed by atoms with van der Waals surface area (Å²) < 4.78 is 0. The van der Waals surface area contributed by atoms with Crippen molar-refractivity contribution in [2.24, 2.45) is 11.5 Å². The maximum Gasteiger partial charge on any atom is 0.326 e. The average molecular weight is 233 g/mol. The van der Waals surface area contributed by atoms with Gasteiger partial charge in [-0.05, 0) is 25.8 Å². The number of nitrogens with one attached hydrogen (secondary N) is 1. The topological polar surface area (TPSA) is 139 Å². The molecular formula is C9H19N3O4. The number of hydrogen-bond donors (Lipinski definition) is 5. The number of hydrogen-bond acceptors (Lipinski definition) is 5. The van der Waals surface area contributed by atoms with Crippen LogP contribution < -0.4 is 16.8 Å². The molecule has 7 N–H and O–H groups in total. The third-order valence-corrected chi connectivity index (χ3v) is 2.09. The third kappa shape index (κ3) is 5.64. The predicted molar refractivity (Wildman–Crippen MR) is 57.5 cm³/mol. The van der Waals surface area contributed by atoms with Crippen LogP contribution in [0.4, 0.5) is 0 Å². The van der Waals surface area contributed by atoms with Crippen LogP contribution in [0.25, 0.3) is 0 Å². The van der Waals surface area contributed by atoms with Crippen molar-refractivity contribution >= 4 is 11.9 Å². The molecule has 0 aromatic heterocycles. The van der Waals surface area contributed by atoms with Gasteiger partial charge in [-0.25, -0.2) is 4.79 Å². The maximum absolute atomic E-state index is 11.2. The average Bonchev–Trinajstić information content (AvgIpc) is 2.26. The van der Waals surface area contributed by atoms with Gasteiger partial charge in [0, 0.05) is 0 Å². The molecule has 0 aliphatic carbocycles. The van der Waals surface area contributed by atoms with Crippen LogP contribution in [-0.2, 0) is 9.59 Å². The molecule has 0 heterocycles. The van der Waals surface area contributed by atoms with Gasteiger partial charge in [-0.15, -0.1) is 0 Å². The Balaban J connectivity index is 4.12. The second-order valence-electron chi connectivity index (χ2n) is 3.47. The fraction of sp³-hybridized carbons (Fsp3) is 0.778. The van der Waals surface area contributed by atoms with Gasteiger partial charge in [-0.3, -0.25) is 4.79 Å². The molecule has 0 aromatic carbocycles. The molecule has 0 aromatic rings. The first-order chi connectivity index (χ1) is 7.52.